The molecular weight excluding hydrogens is 412 g/mol. The Bertz CT molecular complexity index is 1020. The van der Waals surface area contributed by atoms with Gasteiger partial charge in [0.05, 0.1) is 17.4 Å². The molecule has 162 valence electrons. The first-order valence-electron chi connectivity index (χ1n) is 10.8. The summed E-state index contributed by atoms with van der Waals surface area (Å²) in [5, 5.41) is 0.588. The SMILES string of the molecule is CC1CCN(C2=C(c3ccc(Cl)cc3)C(=O)N(c3cccc(OC(C)C)c3)C2=O)CC1. The summed E-state index contributed by atoms with van der Waals surface area (Å²) in [5.74, 6) is 0.638. The number of likely N-dealkylation sites (tertiary alicyclic amines) is 1. The Morgan fingerprint density at radius 1 is 1.00 bits per heavy atom. The van der Waals surface area contributed by atoms with Crippen molar-refractivity contribution in [3.63, 3.8) is 0 Å². The van der Waals surface area contributed by atoms with Crippen molar-refractivity contribution < 1.29 is 14.3 Å². The molecule has 2 aromatic rings. The quantitative estimate of drug-likeness (QED) is 0.606. The summed E-state index contributed by atoms with van der Waals surface area (Å²) in [6.45, 7) is 7.62. The third kappa shape index (κ3) is 4.33. The molecule has 2 aromatic carbocycles. The topological polar surface area (TPSA) is 49.9 Å². The van der Waals surface area contributed by atoms with Gasteiger partial charge in [0.2, 0.25) is 0 Å². The van der Waals surface area contributed by atoms with Crippen molar-refractivity contribution in [1.29, 1.82) is 0 Å². The zero-order valence-electron chi connectivity index (χ0n) is 18.1. The molecule has 2 heterocycles. The first-order valence-corrected chi connectivity index (χ1v) is 11.1. The maximum atomic E-state index is 13.6. The molecule has 1 saturated heterocycles. The van der Waals surface area contributed by atoms with Gasteiger partial charge in [0.1, 0.15) is 11.4 Å². The van der Waals surface area contributed by atoms with E-state index >= 15 is 0 Å². The monoisotopic (exact) mass is 438 g/mol. The highest BCUT2D eigenvalue weighted by Crippen LogP contribution is 2.37. The summed E-state index contributed by atoms with van der Waals surface area (Å²) in [7, 11) is 0. The fraction of sp³-hybridized carbons (Fsp3) is 0.360. The van der Waals surface area contributed by atoms with Crippen LogP contribution >= 0.6 is 11.6 Å². The molecule has 5 nitrogen and oxygen atoms in total. The molecule has 0 N–H and O–H groups in total. The first-order chi connectivity index (χ1) is 14.8. The van der Waals surface area contributed by atoms with Crippen LogP contribution in [-0.4, -0.2) is 35.9 Å². The summed E-state index contributed by atoms with van der Waals surface area (Å²) in [4.78, 5) is 30.6. The number of piperidine rings is 1. The van der Waals surface area contributed by atoms with E-state index in [0.29, 0.717) is 39.2 Å². The number of anilines is 1. The summed E-state index contributed by atoms with van der Waals surface area (Å²) in [5.41, 5.74) is 2.13. The van der Waals surface area contributed by atoms with Crippen LogP contribution in [0.1, 0.15) is 39.2 Å². The van der Waals surface area contributed by atoms with E-state index in [1.54, 1.807) is 42.5 Å². The van der Waals surface area contributed by atoms with Crippen LogP contribution in [-0.2, 0) is 9.59 Å². The van der Waals surface area contributed by atoms with Crippen molar-refractivity contribution in [2.75, 3.05) is 18.0 Å². The van der Waals surface area contributed by atoms with Gasteiger partial charge in [-0.2, -0.15) is 0 Å². The highest BCUT2D eigenvalue weighted by molar-refractivity contribution is 6.45. The lowest BCUT2D eigenvalue weighted by Gasteiger charge is -2.32. The van der Waals surface area contributed by atoms with Gasteiger partial charge in [-0.15, -0.1) is 0 Å². The van der Waals surface area contributed by atoms with Gasteiger partial charge in [-0.3, -0.25) is 9.59 Å². The number of hydrogen-bond donors (Lipinski definition) is 0. The first kappa shape index (κ1) is 21.4. The van der Waals surface area contributed by atoms with E-state index in [0.717, 1.165) is 25.9 Å². The van der Waals surface area contributed by atoms with E-state index in [1.807, 2.05) is 19.9 Å². The number of carbonyl (C=O) groups is 2. The van der Waals surface area contributed by atoms with Crippen LogP contribution in [0.15, 0.2) is 54.2 Å². The smallest absolute Gasteiger partial charge is 0.282 e. The second-order valence-corrected chi connectivity index (χ2v) is 8.95. The van der Waals surface area contributed by atoms with E-state index in [9.17, 15) is 9.59 Å². The van der Waals surface area contributed by atoms with Crippen LogP contribution < -0.4 is 9.64 Å². The van der Waals surface area contributed by atoms with E-state index in [1.165, 1.54) is 4.90 Å². The van der Waals surface area contributed by atoms with Gasteiger partial charge in [-0.1, -0.05) is 36.7 Å². The molecule has 2 aliphatic rings. The molecule has 31 heavy (non-hydrogen) atoms. The standard InChI is InChI=1S/C25H27ClN2O3/c1-16(2)31-21-6-4-5-20(15-21)28-24(29)22(18-7-9-19(26)10-8-18)23(25(28)30)27-13-11-17(3)12-14-27/h4-10,15-17H,11-14H2,1-3H3. The Kier molecular flexibility index (Phi) is 6.05. The summed E-state index contributed by atoms with van der Waals surface area (Å²) in [6.07, 6.45) is 1.99. The number of imide groups is 1. The number of halogens is 1. The van der Waals surface area contributed by atoms with Crippen LogP contribution in [0.2, 0.25) is 5.02 Å². The van der Waals surface area contributed by atoms with Gasteiger partial charge in [0.25, 0.3) is 11.8 Å². The third-order valence-corrected chi connectivity index (χ3v) is 5.99. The Hall–Kier alpha value is -2.79. The number of ether oxygens (including phenoxy) is 1. The van der Waals surface area contributed by atoms with Crippen LogP contribution in [0.4, 0.5) is 5.69 Å². The molecule has 0 aliphatic carbocycles. The normalized spacial score (nSPS) is 17.8. The Morgan fingerprint density at radius 2 is 1.68 bits per heavy atom. The van der Waals surface area contributed by atoms with Crippen molar-refractivity contribution >= 4 is 34.7 Å². The largest absolute Gasteiger partial charge is 0.491 e. The molecule has 2 amide bonds. The van der Waals surface area contributed by atoms with Gasteiger partial charge in [0, 0.05) is 24.2 Å². The van der Waals surface area contributed by atoms with Crippen LogP contribution in [0, 0.1) is 5.92 Å². The zero-order chi connectivity index (χ0) is 22.1. The molecule has 0 bridgehead atoms. The van der Waals surface area contributed by atoms with E-state index in [2.05, 4.69) is 11.8 Å². The fourth-order valence-electron chi connectivity index (χ4n) is 4.12. The number of nitrogens with zero attached hydrogens (tertiary/aromatic N) is 2. The molecule has 0 atom stereocenters. The number of carbonyl (C=O) groups excluding carboxylic acids is 2. The molecule has 0 saturated carbocycles. The maximum absolute atomic E-state index is 13.6. The molecule has 0 spiro atoms. The molecule has 4 rings (SSSR count). The highest BCUT2D eigenvalue weighted by Gasteiger charge is 2.43. The summed E-state index contributed by atoms with van der Waals surface area (Å²) in [6, 6.07) is 14.2. The van der Waals surface area contributed by atoms with Gasteiger partial charge in [-0.05, 0) is 62.4 Å². The molecule has 6 heteroatoms. The molecule has 2 aliphatic heterocycles. The summed E-state index contributed by atoms with van der Waals surface area (Å²) < 4.78 is 5.78. The van der Waals surface area contributed by atoms with Crippen molar-refractivity contribution in [3.05, 3.63) is 64.8 Å². The van der Waals surface area contributed by atoms with Gasteiger partial charge in [0.15, 0.2) is 0 Å². The van der Waals surface area contributed by atoms with Crippen LogP contribution in [0.5, 0.6) is 5.75 Å². The van der Waals surface area contributed by atoms with Gasteiger partial charge in [-0.25, -0.2) is 4.90 Å². The molecule has 1 fully saturated rings. The lowest BCUT2D eigenvalue weighted by molar-refractivity contribution is -0.120. The van der Waals surface area contributed by atoms with E-state index in [4.69, 9.17) is 16.3 Å². The zero-order valence-corrected chi connectivity index (χ0v) is 18.9. The van der Waals surface area contributed by atoms with Gasteiger partial charge >= 0.3 is 0 Å². The van der Waals surface area contributed by atoms with Crippen molar-refractivity contribution in [2.45, 2.75) is 39.7 Å². The van der Waals surface area contributed by atoms with E-state index in [-0.39, 0.29) is 17.9 Å². The Labute approximate surface area is 188 Å². The van der Waals surface area contributed by atoms with Gasteiger partial charge < -0.3 is 9.64 Å². The number of amides is 2. The van der Waals surface area contributed by atoms with Crippen LogP contribution in [0.3, 0.4) is 0 Å². The Balaban J connectivity index is 1.76. The second kappa shape index (κ2) is 8.75. The predicted molar refractivity (Wildman–Crippen MR) is 123 cm³/mol. The number of rotatable bonds is 5. The highest BCUT2D eigenvalue weighted by atomic mass is 35.5. The fourth-order valence-corrected chi connectivity index (χ4v) is 4.25. The van der Waals surface area contributed by atoms with Crippen LogP contribution in [0.25, 0.3) is 5.57 Å². The number of benzene rings is 2. The minimum Gasteiger partial charge on any atom is -0.491 e. The van der Waals surface area contributed by atoms with Crippen molar-refractivity contribution in [3.8, 4) is 5.75 Å². The third-order valence-electron chi connectivity index (χ3n) is 5.74. The summed E-state index contributed by atoms with van der Waals surface area (Å²) >= 11 is 6.07. The maximum Gasteiger partial charge on any atom is 0.282 e. The predicted octanol–water partition coefficient (Wildman–Crippen LogP) is 5.14. The van der Waals surface area contributed by atoms with E-state index < -0.39 is 0 Å². The lowest BCUT2D eigenvalue weighted by atomic mass is 9.97. The molecule has 0 radical (unpaired) electrons. The van der Waals surface area contributed by atoms with Crippen molar-refractivity contribution in [2.24, 2.45) is 5.92 Å². The minimum atomic E-state index is -0.317. The lowest BCUT2D eigenvalue weighted by Crippen LogP contribution is -2.38. The average molecular weight is 439 g/mol. The second-order valence-electron chi connectivity index (χ2n) is 8.51. The molecular formula is C25H27ClN2O3. The Morgan fingerprint density at radius 3 is 2.32 bits per heavy atom. The van der Waals surface area contributed by atoms with Crippen molar-refractivity contribution in [1.82, 2.24) is 4.90 Å². The molecule has 0 unspecified atom stereocenters. The molecule has 0 aromatic heterocycles. The average Bonchev–Trinajstić information content (AvgIpc) is 2.99. The minimum absolute atomic E-state index is 0.00566. The number of hydrogen-bond acceptors (Lipinski definition) is 4.